The average molecular weight is 187 g/mol. The number of hydrogen-bond acceptors (Lipinski definition) is 4. The van der Waals surface area contributed by atoms with E-state index in [0.717, 1.165) is 12.3 Å². The Morgan fingerprint density at radius 3 is 2.85 bits per heavy atom. The van der Waals surface area contributed by atoms with Crippen molar-refractivity contribution in [1.29, 1.82) is 0 Å². The van der Waals surface area contributed by atoms with E-state index in [0.29, 0.717) is 6.61 Å². The number of esters is 1. The number of aliphatic hydroxyl groups excluding tert-OH is 1. The third kappa shape index (κ3) is 4.24. The maximum absolute atomic E-state index is 11.1. The molecule has 1 aliphatic carbocycles. The van der Waals surface area contributed by atoms with Gasteiger partial charge in [0.1, 0.15) is 6.04 Å². The molecule has 1 saturated carbocycles. The van der Waals surface area contributed by atoms with Crippen molar-refractivity contribution in [1.82, 2.24) is 0 Å². The fourth-order valence-corrected chi connectivity index (χ4v) is 1.10. The van der Waals surface area contributed by atoms with E-state index in [2.05, 4.69) is 0 Å². The highest BCUT2D eigenvalue weighted by molar-refractivity contribution is 5.75. The Hall–Kier alpha value is -0.610. The molecule has 0 bridgehead atoms. The number of aliphatic hydroxyl groups is 1. The monoisotopic (exact) mass is 187 g/mol. The molecule has 76 valence electrons. The van der Waals surface area contributed by atoms with Crippen molar-refractivity contribution in [3.05, 3.63) is 0 Å². The second kappa shape index (κ2) is 5.19. The van der Waals surface area contributed by atoms with Crippen LogP contribution < -0.4 is 5.73 Å². The zero-order chi connectivity index (χ0) is 9.68. The number of ether oxygens (including phenoxy) is 1. The van der Waals surface area contributed by atoms with Crippen LogP contribution in [0.2, 0.25) is 0 Å². The molecule has 4 nitrogen and oxygen atoms in total. The molecule has 0 spiro atoms. The van der Waals surface area contributed by atoms with Gasteiger partial charge in [0, 0.05) is 6.61 Å². The normalized spacial score (nSPS) is 18.3. The first-order valence-electron chi connectivity index (χ1n) is 4.77. The molecule has 0 saturated heterocycles. The summed E-state index contributed by atoms with van der Waals surface area (Å²) in [4.78, 5) is 11.1. The number of rotatable bonds is 6. The van der Waals surface area contributed by atoms with Crippen LogP contribution >= 0.6 is 0 Å². The molecule has 0 aliphatic heterocycles. The summed E-state index contributed by atoms with van der Waals surface area (Å²) in [6.07, 6.45) is 3.76. The fraction of sp³-hybridized carbons (Fsp3) is 0.889. The van der Waals surface area contributed by atoms with E-state index in [9.17, 15) is 4.79 Å². The molecule has 13 heavy (non-hydrogen) atoms. The standard InChI is InChI=1S/C9H17NO3/c10-8(3-5-11)9(12)13-6-4-7-1-2-7/h7-8,11H,1-6,10H2/t8-/m0/s1. The van der Waals surface area contributed by atoms with Gasteiger partial charge in [-0.1, -0.05) is 12.8 Å². The summed E-state index contributed by atoms with van der Waals surface area (Å²) in [5.74, 6) is 0.372. The Morgan fingerprint density at radius 1 is 1.62 bits per heavy atom. The first kappa shape index (κ1) is 10.5. The minimum absolute atomic E-state index is 0.0705. The highest BCUT2D eigenvalue weighted by Crippen LogP contribution is 2.32. The van der Waals surface area contributed by atoms with Crippen LogP contribution in [0.3, 0.4) is 0 Å². The Labute approximate surface area is 78.1 Å². The summed E-state index contributed by atoms with van der Waals surface area (Å²) < 4.78 is 4.93. The third-order valence-corrected chi connectivity index (χ3v) is 2.21. The van der Waals surface area contributed by atoms with Gasteiger partial charge in [-0.15, -0.1) is 0 Å². The van der Waals surface area contributed by atoms with Crippen LogP contribution in [-0.2, 0) is 9.53 Å². The molecule has 1 rings (SSSR count). The highest BCUT2D eigenvalue weighted by atomic mass is 16.5. The van der Waals surface area contributed by atoms with E-state index in [1.54, 1.807) is 0 Å². The number of hydrogen-bond donors (Lipinski definition) is 2. The van der Waals surface area contributed by atoms with Crippen molar-refractivity contribution < 1.29 is 14.6 Å². The van der Waals surface area contributed by atoms with Crippen molar-refractivity contribution in [3.8, 4) is 0 Å². The SMILES string of the molecule is N[C@@H](CCO)C(=O)OCCC1CC1. The van der Waals surface area contributed by atoms with Gasteiger partial charge in [0.2, 0.25) is 0 Å². The van der Waals surface area contributed by atoms with Gasteiger partial charge in [-0.3, -0.25) is 4.79 Å². The molecule has 0 heterocycles. The van der Waals surface area contributed by atoms with Crippen molar-refractivity contribution in [2.75, 3.05) is 13.2 Å². The predicted molar refractivity (Wildman–Crippen MR) is 48.0 cm³/mol. The minimum Gasteiger partial charge on any atom is -0.465 e. The molecule has 0 aromatic heterocycles. The smallest absolute Gasteiger partial charge is 0.322 e. The van der Waals surface area contributed by atoms with Crippen molar-refractivity contribution >= 4 is 5.97 Å². The van der Waals surface area contributed by atoms with Gasteiger partial charge in [-0.25, -0.2) is 0 Å². The van der Waals surface area contributed by atoms with Gasteiger partial charge >= 0.3 is 5.97 Å². The molecular formula is C9H17NO3. The van der Waals surface area contributed by atoms with Crippen molar-refractivity contribution in [2.24, 2.45) is 11.7 Å². The lowest BCUT2D eigenvalue weighted by atomic mass is 10.2. The zero-order valence-electron chi connectivity index (χ0n) is 7.74. The van der Waals surface area contributed by atoms with Crippen molar-refractivity contribution in [3.63, 3.8) is 0 Å². The molecule has 0 aromatic carbocycles. The number of carbonyl (C=O) groups is 1. The van der Waals surface area contributed by atoms with Gasteiger partial charge in [-0.2, -0.15) is 0 Å². The molecule has 0 radical (unpaired) electrons. The third-order valence-electron chi connectivity index (χ3n) is 2.21. The zero-order valence-corrected chi connectivity index (χ0v) is 7.74. The average Bonchev–Trinajstić information content (AvgIpc) is 2.88. The Kier molecular flexibility index (Phi) is 4.18. The largest absolute Gasteiger partial charge is 0.465 e. The molecule has 0 unspecified atom stereocenters. The second-order valence-corrected chi connectivity index (χ2v) is 3.52. The molecule has 1 atom stereocenters. The quantitative estimate of drug-likeness (QED) is 0.576. The number of nitrogens with two attached hydrogens (primary N) is 1. The van der Waals surface area contributed by atoms with Crippen LogP contribution in [-0.4, -0.2) is 30.3 Å². The van der Waals surface area contributed by atoms with Gasteiger partial charge in [-0.05, 0) is 18.8 Å². The lowest BCUT2D eigenvalue weighted by Crippen LogP contribution is -2.33. The Morgan fingerprint density at radius 2 is 2.31 bits per heavy atom. The molecule has 0 amide bonds. The fourth-order valence-electron chi connectivity index (χ4n) is 1.10. The Balaban J connectivity index is 2.01. The van der Waals surface area contributed by atoms with E-state index in [4.69, 9.17) is 15.6 Å². The summed E-state index contributed by atoms with van der Waals surface area (Å²) in [5.41, 5.74) is 5.43. The van der Waals surface area contributed by atoms with Crippen LogP contribution in [0, 0.1) is 5.92 Å². The molecule has 0 aromatic rings. The summed E-state index contributed by atoms with van der Waals surface area (Å²) >= 11 is 0. The molecule has 4 heteroatoms. The maximum atomic E-state index is 11.1. The molecule has 1 fully saturated rings. The van der Waals surface area contributed by atoms with Gasteiger partial charge in [0.25, 0.3) is 0 Å². The topological polar surface area (TPSA) is 72.5 Å². The van der Waals surface area contributed by atoms with Gasteiger partial charge < -0.3 is 15.6 Å². The van der Waals surface area contributed by atoms with E-state index in [1.165, 1.54) is 12.8 Å². The summed E-state index contributed by atoms with van der Waals surface area (Å²) in [6.45, 7) is 0.404. The van der Waals surface area contributed by atoms with Crippen LogP contribution in [0.25, 0.3) is 0 Å². The summed E-state index contributed by atoms with van der Waals surface area (Å²) in [5, 5.41) is 8.52. The molecule has 1 aliphatic rings. The Bertz CT molecular complexity index is 168. The van der Waals surface area contributed by atoms with Crippen LogP contribution in [0.15, 0.2) is 0 Å². The molecule has 3 N–H and O–H groups in total. The molecular weight excluding hydrogens is 170 g/mol. The van der Waals surface area contributed by atoms with Crippen LogP contribution in [0.1, 0.15) is 25.7 Å². The summed E-state index contributed by atoms with van der Waals surface area (Å²) in [7, 11) is 0. The van der Waals surface area contributed by atoms with E-state index < -0.39 is 12.0 Å². The predicted octanol–water partition coefficient (Wildman–Crippen LogP) is 0.0394. The first-order chi connectivity index (χ1) is 6.24. The van der Waals surface area contributed by atoms with Gasteiger partial charge in [0.15, 0.2) is 0 Å². The van der Waals surface area contributed by atoms with Gasteiger partial charge in [0.05, 0.1) is 6.61 Å². The highest BCUT2D eigenvalue weighted by Gasteiger charge is 2.22. The lowest BCUT2D eigenvalue weighted by Gasteiger charge is -2.09. The first-order valence-corrected chi connectivity index (χ1v) is 4.77. The van der Waals surface area contributed by atoms with Crippen LogP contribution in [0.5, 0.6) is 0 Å². The second-order valence-electron chi connectivity index (χ2n) is 3.52. The van der Waals surface area contributed by atoms with E-state index in [-0.39, 0.29) is 13.0 Å². The minimum atomic E-state index is -0.663. The van der Waals surface area contributed by atoms with E-state index >= 15 is 0 Å². The number of carbonyl (C=O) groups excluding carboxylic acids is 1. The maximum Gasteiger partial charge on any atom is 0.322 e. The summed E-state index contributed by atoms with van der Waals surface area (Å²) in [6, 6.07) is -0.663. The van der Waals surface area contributed by atoms with Crippen LogP contribution in [0.4, 0.5) is 0 Å². The lowest BCUT2D eigenvalue weighted by molar-refractivity contribution is -0.145. The van der Waals surface area contributed by atoms with E-state index in [1.807, 2.05) is 0 Å². The van der Waals surface area contributed by atoms with Crippen molar-refractivity contribution in [2.45, 2.75) is 31.7 Å².